The van der Waals surface area contributed by atoms with Crippen LogP contribution >= 0.6 is 11.8 Å². The van der Waals surface area contributed by atoms with E-state index in [1.807, 2.05) is 29.2 Å². The van der Waals surface area contributed by atoms with Gasteiger partial charge in [0, 0.05) is 38.3 Å². The number of amides is 3. The molecule has 1 aromatic rings. The summed E-state index contributed by atoms with van der Waals surface area (Å²) in [5.74, 6) is -0.163. The molecule has 2 saturated heterocycles. The van der Waals surface area contributed by atoms with Crippen molar-refractivity contribution < 1.29 is 14.4 Å². The van der Waals surface area contributed by atoms with Crippen LogP contribution in [0.15, 0.2) is 29.2 Å². The second kappa shape index (κ2) is 9.05. The highest BCUT2D eigenvalue weighted by Crippen LogP contribution is 2.30. The molecule has 3 rings (SSSR count). The molecule has 0 saturated carbocycles. The molecule has 0 bridgehead atoms. The van der Waals surface area contributed by atoms with Crippen LogP contribution in [0, 0.1) is 0 Å². The molecule has 0 radical (unpaired) electrons. The second-order valence-corrected chi connectivity index (χ2v) is 7.54. The lowest BCUT2D eigenvalue weighted by molar-refractivity contribution is -0.131. The Morgan fingerprint density at radius 2 is 1.89 bits per heavy atom. The third-order valence-corrected chi connectivity index (χ3v) is 5.49. The fourth-order valence-electron chi connectivity index (χ4n) is 3.24. The maximum Gasteiger partial charge on any atom is 0.290 e. The van der Waals surface area contributed by atoms with Crippen LogP contribution < -0.4 is 16.0 Å². The molecule has 0 aromatic heterocycles. The van der Waals surface area contributed by atoms with Crippen LogP contribution in [0.2, 0.25) is 0 Å². The number of para-hydroxylation sites is 1. The first-order valence-electron chi connectivity index (χ1n) is 9.15. The molecule has 144 valence electrons. The first-order valence-corrected chi connectivity index (χ1v) is 9.97. The maximum atomic E-state index is 12.3. The Bertz CT molecular complexity index is 757. The summed E-state index contributed by atoms with van der Waals surface area (Å²) in [6, 6.07) is 7.80. The van der Waals surface area contributed by atoms with E-state index in [9.17, 15) is 14.4 Å². The standard InChI is InChI=1S/C19H24N4O3S/c20-8-4-3-7-17(24)23-11-9-22(10-12-23)15-6-2-1-5-14(15)13-16-18(25)21-19(26)27-16/h1-2,5-6,13H,3-4,7-12,20H2,(H,21,25,26). The third kappa shape index (κ3) is 4.90. The molecule has 3 N–H and O–H groups in total. The minimum absolute atomic E-state index is 0.191. The number of nitrogens with two attached hydrogens (primary N) is 1. The predicted octanol–water partition coefficient (Wildman–Crippen LogP) is 1.79. The molecular weight excluding hydrogens is 364 g/mol. The summed E-state index contributed by atoms with van der Waals surface area (Å²) in [5.41, 5.74) is 7.39. The van der Waals surface area contributed by atoms with Gasteiger partial charge >= 0.3 is 0 Å². The second-order valence-electron chi connectivity index (χ2n) is 6.52. The molecule has 2 fully saturated rings. The summed E-state index contributed by atoms with van der Waals surface area (Å²) in [7, 11) is 0. The zero-order valence-corrected chi connectivity index (χ0v) is 16.0. The lowest BCUT2D eigenvalue weighted by Gasteiger charge is -2.37. The molecule has 1 aromatic carbocycles. The van der Waals surface area contributed by atoms with Gasteiger partial charge in [-0.05, 0) is 48.9 Å². The van der Waals surface area contributed by atoms with Gasteiger partial charge in [-0.15, -0.1) is 0 Å². The fourth-order valence-corrected chi connectivity index (χ4v) is 3.91. The summed E-state index contributed by atoms with van der Waals surface area (Å²) >= 11 is 0.919. The van der Waals surface area contributed by atoms with Crippen molar-refractivity contribution in [2.24, 2.45) is 5.73 Å². The van der Waals surface area contributed by atoms with Gasteiger partial charge in [0.2, 0.25) is 5.91 Å². The predicted molar refractivity (Wildman–Crippen MR) is 107 cm³/mol. The van der Waals surface area contributed by atoms with Gasteiger partial charge in [0.15, 0.2) is 0 Å². The number of piperazine rings is 1. The van der Waals surface area contributed by atoms with E-state index in [4.69, 9.17) is 5.73 Å². The topological polar surface area (TPSA) is 95.7 Å². The van der Waals surface area contributed by atoms with Crippen LogP contribution in [0.25, 0.3) is 6.08 Å². The zero-order chi connectivity index (χ0) is 19.2. The van der Waals surface area contributed by atoms with Crippen molar-refractivity contribution in [1.82, 2.24) is 10.2 Å². The average Bonchev–Trinajstić information content (AvgIpc) is 2.99. The normalized spacial score (nSPS) is 18.9. The number of thioether (sulfide) groups is 1. The number of nitrogens with zero attached hydrogens (tertiary/aromatic N) is 2. The van der Waals surface area contributed by atoms with Crippen molar-refractivity contribution in [2.75, 3.05) is 37.6 Å². The first-order chi connectivity index (χ1) is 13.1. The van der Waals surface area contributed by atoms with Crippen LogP contribution in [0.5, 0.6) is 0 Å². The maximum absolute atomic E-state index is 12.3. The van der Waals surface area contributed by atoms with Crippen LogP contribution in [0.1, 0.15) is 24.8 Å². The lowest BCUT2D eigenvalue weighted by Crippen LogP contribution is -2.49. The van der Waals surface area contributed by atoms with E-state index < -0.39 is 0 Å². The van der Waals surface area contributed by atoms with Gasteiger partial charge in [-0.2, -0.15) is 0 Å². The minimum atomic E-state index is -0.354. The molecule has 2 aliphatic heterocycles. The van der Waals surface area contributed by atoms with Crippen LogP contribution in [0.4, 0.5) is 10.5 Å². The van der Waals surface area contributed by atoms with E-state index in [-0.39, 0.29) is 17.1 Å². The zero-order valence-electron chi connectivity index (χ0n) is 15.1. The largest absolute Gasteiger partial charge is 0.367 e. The number of anilines is 1. The highest BCUT2D eigenvalue weighted by atomic mass is 32.2. The van der Waals surface area contributed by atoms with Crippen molar-refractivity contribution in [2.45, 2.75) is 19.3 Å². The van der Waals surface area contributed by atoms with Crippen molar-refractivity contribution in [3.63, 3.8) is 0 Å². The highest BCUT2D eigenvalue weighted by Gasteiger charge is 2.26. The quantitative estimate of drug-likeness (QED) is 0.570. The number of imide groups is 1. The summed E-state index contributed by atoms with van der Waals surface area (Å²) in [6.07, 6.45) is 4.02. The lowest BCUT2D eigenvalue weighted by atomic mass is 10.1. The molecule has 2 aliphatic rings. The number of nitrogens with one attached hydrogen (secondary N) is 1. The van der Waals surface area contributed by atoms with Gasteiger partial charge in [-0.3, -0.25) is 19.7 Å². The number of hydrogen-bond donors (Lipinski definition) is 2. The number of hydrogen-bond acceptors (Lipinski definition) is 6. The van der Waals surface area contributed by atoms with Gasteiger partial charge in [0.05, 0.1) is 4.91 Å². The molecule has 3 amide bonds. The number of carbonyl (C=O) groups excluding carboxylic acids is 3. The van der Waals surface area contributed by atoms with Crippen molar-refractivity contribution >= 4 is 40.6 Å². The van der Waals surface area contributed by atoms with Gasteiger partial charge in [-0.25, -0.2) is 0 Å². The Hall–Kier alpha value is -2.32. The molecule has 2 heterocycles. The van der Waals surface area contributed by atoms with Crippen molar-refractivity contribution in [3.05, 3.63) is 34.7 Å². The van der Waals surface area contributed by atoms with E-state index in [0.717, 1.165) is 48.9 Å². The van der Waals surface area contributed by atoms with Gasteiger partial charge < -0.3 is 15.5 Å². The Labute approximate surface area is 162 Å². The van der Waals surface area contributed by atoms with E-state index in [2.05, 4.69) is 10.2 Å². The Morgan fingerprint density at radius 3 is 2.56 bits per heavy atom. The summed E-state index contributed by atoms with van der Waals surface area (Å²) in [4.78, 5) is 40.0. The SMILES string of the molecule is NCCCCC(=O)N1CCN(c2ccccc2C=C2SC(=O)NC2=O)CC1. The smallest absolute Gasteiger partial charge is 0.290 e. The van der Waals surface area contributed by atoms with Crippen molar-refractivity contribution in [1.29, 1.82) is 0 Å². The van der Waals surface area contributed by atoms with E-state index in [1.54, 1.807) is 6.08 Å². The third-order valence-electron chi connectivity index (χ3n) is 4.68. The van der Waals surface area contributed by atoms with Crippen molar-refractivity contribution in [3.8, 4) is 0 Å². The molecule has 0 aliphatic carbocycles. The molecule has 0 unspecified atom stereocenters. The Balaban J connectivity index is 1.65. The average molecular weight is 388 g/mol. The van der Waals surface area contributed by atoms with Crippen LogP contribution in [-0.4, -0.2) is 54.7 Å². The summed E-state index contributed by atoms with van der Waals surface area (Å²) in [6.45, 7) is 3.46. The van der Waals surface area contributed by atoms with Gasteiger partial charge in [0.1, 0.15) is 0 Å². The van der Waals surface area contributed by atoms with E-state index >= 15 is 0 Å². The molecule has 7 nitrogen and oxygen atoms in total. The highest BCUT2D eigenvalue weighted by molar-refractivity contribution is 8.18. The van der Waals surface area contributed by atoms with Gasteiger partial charge in [-0.1, -0.05) is 18.2 Å². The summed E-state index contributed by atoms with van der Waals surface area (Å²) in [5, 5.41) is 1.93. The van der Waals surface area contributed by atoms with E-state index in [1.165, 1.54) is 0 Å². The van der Waals surface area contributed by atoms with Crippen LogP contribution in [-0.2, 0) is 9.59 Å². The summed E-state index contributed by atoms with van der Waals surface area (Å²) < 4.78 is 0. The van der Waals surface area contributed by atoms with E-state index in [0.29, 0.717) is 31.0 Å². The first kappa shape index (κ1) is 19.4. The Kier molecular flexibility index (Phi) is 6.52. The van der Waals surface area contributed by atoms with Crippen LogP contribution in [0.3, 0.4) is 0 Å². The van der Waals surface area contributed by atoms with Gasteiger partial charge in [0.25, 0.3) is 11.1 Å². The molecule has 0 spiro atoms. The molecule has 0 atom stereocenters. The minimum Gasteiger partial charge on any atom is -0.367 e. The number of unbranched alkanes of at least 4 members (excludes halogenated alkanes) is 1. The number of benzene rings is 1. The fraction of sp³-hybridized carbons (Fsp3) is 0.421. The molecule has 8 heteroatoms. The number of carbonyl (C=O) groups is 3. The monoisotopic (exact) mass is 388 g/mol. The molecular formula is C19H24N4O3S. The molecule has 27 heavy (non-hydrogen) atoms. The number of rotatable bonds is 6. The Morgan fingerprint density at radius 1 is 1.15 bits per heavy atom.